The first-order chi connectivity index (χ1) is 8.81. The van der Waals surface area contributed by atoms with E-state index in [2.05, 4.69) is 25.6 Å². The van der Waals surface area contributed by atoms with Gasteiger partial charge in [-0.15, -0.1) is 0 Å². The van der Waals surface area contributed by atoms with Crippen LogP contribution in [0.15, 0.2) is 0 Å². The van der Waals surface area contributed by atoms with Crippen molar-refractivity contribution in [2.75, 3.05) is 49.0 Å². The third-order valence-electron chi connectivity index (χ3n) is 2.14. The molecule has 0 aromatic carbocycles. The number of hydrogen-bond donors (Lipinski definition) is 3. The number of anilines is 3. The van der Waals surface area contributed by atoms with Crippen molar-refractivity contribution >= 4 is 27.9 Å². The van der Waals surface area contributed by atoms with Crippen LogP contribution in [0.3, 0.4) is 0 Å². The number of nitrogens with two attached hydrogens (primary N) is 1. The Balaban J connectivity index is 2.65. The number of rotatable bonds is 7. The molecule has 0 aliphatic carbocycles. The van der Waals surface area contributed by atoms with Crippen LogP contribution in [-0.4, -0.2) is 56.8 Å². The first-order valence-corrected chi connectivity index (χ1v) is 7.39. The van der Waals surface area contributed by atoms with Crippen molar-refractivity contribution in [1.82, 2.24) is 15.0 Å². The molecule has 4 N–H and O–H groups in total. The Hall–Kier alpha value is -1.68. The van der Waals surface area contributed by atoms with Crippen molar-refractivity contribution in [2.45, 2.75) is 6.42 Å². The lowest BCUT2D eigenvalue weighted by Crippen LogP contribution is -2.20. The fourth-order valence-corrected chi connectivity index (χ4v) is 1.78. The Kier molecular flexibility index (Phi) is 5.24. The number of sulfonamides is 1. The van der Waals surface area contributed by atoms with Crippen LogP contribution in [0.2, 0.25) is 0 Å². The van der Waals surface area contributed by atoms with Gasteiger partial charge in [0.1, 0.15) is 0 Å². The van der Waals surface area contributed by atoms with Gasteiger partial charge in [-0.1, -0.05) is 0 Å². The predicted molar refractivity (Wildman–Crippen MR) is 74.8 cm³/mol. The third kappa shape index (κ3) is 5.66. The van der Waals surface area contributed by atoms with E-state index in [9.17, 15) is 8.42 Å². The van der Waals surface area contributed by atoms with Gasteiger partial charge in [-0.3, -0.25) is 0 Å². The number of nitrogens with zero attached hydrogens (tertiary/aromatic N) is 4. The Morgan fingerprint density at radius 3 is 2.37 bits per heavy atom. The summed E-state index contributed by atoms with van der Waals surface area (Å²) in [5.41, 5.74) is 0. The largest absolute Gasteiger partial charge is 0.357 e. The van der Waals surface area contributed by atoms with Crippen molar-refractivity contribution in [3.8, 4) is 0 Å². The maximum atomic E-state index is 10.8. The minimum Gasteiger partial charge on any atom is -0.357 e. The quantitative estimate of drug-likeness (QED) is 0.550. The van der Waals surface area contributed by atoms with Crippen molar-refractivity contribution in [2.24, 2.45) is 5.14 Å². The summed E-state index contributed by atoms with van der Waals surface area (Å²) < 4.78 is 21.6. The number of primary sulfonamides is 1. The molecule has 0 aliphatic heterocycles. The predicted octanol–water partition coefficient (Wildman–Crippen LogP) is -0.930. The van der Waals surface area contributed by atoms with Gasteiger partial charge < -0.3 is 15.5 Å². The summed E-state index contributed by atoms with van der Waals surface area (Å²) >= 11 is 0. The van der Waals surface area contributed by atoms with E-state index in [1.165, 1.54) is 0 Å². The highest BCUT2D eigenvalue weighted by molar-refractivity contribution is 7.89. The highest BCUT2D eigenvalue weighted by atomic mass is 32.2. The molecule has 0 aliphatic rings. The lowest BCUT2D eigenvalue weighted by molar-refractivity contribution is 0.595. The molecule has 0 radical (unpaired) electrons. The van der Waals surface area contributed by atoms with Gasteiger partial charge >= 0.3 is 0 Å². The van der Waals surface area contributed by atoms with Gasteiger partial charge in [0.25, 0.3) is 0 Å². The minimum atomic E-state index is -3.43. The molecule has 1 aromatic rings. The Labute approximate surface area is 112 Å². The van der Waals surface area contributed by atoms with Crippen LogP contribution in [0.4, 0.5) is 17.8 Å². The topological polar surface area (TPSA) is 126 Å². The van der Waals surface area contributed by atoms with Crippen LogP contribution in [-0.2, 0) is 10.0 Å². The van der Waals surface area contributed by atoms with E-state index in [0.29, 0.717) is 30.8 Å². The molecule has 1 heterocycles. The van der Waals surface area contributed by atoms with Crippen LogP contribution >= 0.6 is 0 Å². The zero-order valence-electron chi connectivity index (χ0n) is 11.2. The van der Waals surface area contributed by atoms with Gasteiger partial charge in [-0.25, -0.2) is 13.6 Å². The smallest absolute Gasteiger partial charge is 0.231 e. The maximum absolute atomic E-state index is 10.8. The van der Waals surface area contributed by atoms with E-state index < -0.39 is 10.0 Å². The van der Waals surface area contributed by atoms with Gasteiger partial charge in [-0.05, 0) is 6.42 Å². The zero-order valence-corrected chi connectivity index (χ0v) is 12.0. The highest BCUT2D eigenvalue weighted by Gasteiger charge is 2.07. The molecule has 1 aromatic heterocycles. The molecule has 1 rings (SSSR count). The van der Waals surface area contributed by atoms with E-state index in [1.807, 2.05) is 14.1 Å². The molecule has 0 unspecified atom stereocenters. The maximum Gasteiger partial charge on any atom is 0.231 e. The van der Waals surface area contributed by atoms with E-state index in [0.717, 1.165) is 0 Å². The first-order valence-electron chi connectivity index (χ1n) is 5.67. The van der Waals surface area contributed by atoms with Crippen LogP contribution < -0.4 is 20.7 Å². The summed E-state index contributed by atoms with van der Waals surface area (Å²) in [4.78, 5) is 14.2. The highest BCUT2D eigenvalue weighted by Crippen LogP contribution is 2.10. The van der Waals surface area contributed by atoms with E-state index in [-0.39, 0.29) is 5.75 Å². The standard InChI is InChI=1S/C9H19N7O2S/c1-11-7-13-8(15-9(14-7)16(2)3)12-5-4-6-19(10,17)18/h4-6H2,1-3H3,(H2,10,17,18)(H2,11,12,13,14,15). The lowest BCUT2D eigenvalue weighted by Gasteiger charge is -2.13. The van der Waals surface area contributed by atoms with Gasteiger partial charge in [-0.2, -0.15) is 15.0 Å². The van der Waals surface area contributed by atoms with E-state index in [4.69, 9.17) is 5.14 Å². The summed E-state index contributed by atoms with van der Waals surface area (Å²) in [6.07, 6.45) is 0.386. The van der Waals surface area contributed by atoms with Gasteiger partial charge in [0, 0.05) is 27.7 Å². The lowest BCUT2D eigenvalue weighted by atomic mass is 10.5. The summed E-state index contributed by atoms with van der Waals surface area (Å²) in [7, 11) is 1.92. The van der Waals surface area contributed by atoms with Crippen molar-refractivity contribution in [1.29, 1.82) is 0 Å². The van der Waals surface area contributed by atoms with Crippen LogP contribution in [0.5, 0.6) is 0 Å². The average molecular weight is 289 g/mol. The van der Waals surface area contributed by atoms with E-state index in [1.54, 1.807) is 11.9 Å². The van der Waals surface area contributed by atoms with Crippen molar-refractivity contribution in [3.63, 3.8) is 0 Å². The van der Waals surface area contributed by atoms with Gasteiger partial charge in [0.2, 0.25) is 27.9 Å². The molecular formula is C9H19N7O2S. The van der Waals surface area contributed by atoms with Crippen molar-refractivity contribution < 1.29 is 8.42 Å². The SMILES string of the molecule is CNc1nc(NCCCS(N)(=O)=O)nc(N(C)C)n1. The van der Waals surface area contributed by atoms with Crippen LogP contribution in [0.25, 0.3) is 0 Å². The monoisotopic (exact) mass is 289 g/mol. The Bertz CT molecular complexity index is 517. The molecule has 0 saturated carbocycles. The summed E-state index contributed by atoms with van der Waals surface area (Å²) in [6, 6.07) is 0. The number of aromatic nitrogens is 3. The molecule has 0 saturated heterocycles. The molecular weight excluding hydrogens is 270 g/mol. The molecule has 10 heteroatoms. The molecule has 0 bridgehead atoms. The van der Waals surface area contributed by atoms with Gasteiger partial charge in [0.15, 0.2) is 0 Å². The Morgan fingerprint density at radius 1 is 1.21 bits per heavy atom. The second-order valence-electron chi connectivity index (χ2n) is 4.07. The van der Waals surface area contributed by atoms with Crippen molar-refractivity contribution in [3.05, 3.63) is 0 Å². The fraction of sp³-hybridized carbons (Fsp3) is 0.667. The van der Waals surface area contributed by atoms with Gasteiger partial charge in [0.05, 0.1) is 5.75 Å². The van der Waals surface area contributed by atoms with E-state index >= 15 is 0 Å². The number of hydrogen-bond acceptors (Lipinski definition) is 8. The second-order valence-corrected chi connectivity index (χ2v) is 5.81. The summed E-state index contributed by atoms with van der Waals surface area (Å²) in [5, 5.41) is 10.7. The fourth-order valence-electron chi connectivity index (χ4n) is 1.23. The summed E-state index contributed by atoms with van der Waals surface area (Å²) in [6.45, 7) is 0.413. The van der Waals surface area contributed by atoms with Crippen LogP contribution in [0.1, 0.15) is 6.42 Å². The molecule has 0 fully saturated rings. The molecule has 19 heavy (non-hydrogen) atoms. The molecule has 9 nitrogen and oxygen atoms in total. The molecule has 0 amide bonds. The normalized spacial score (nSPS) is 11.2. The summed E-state index contributed by atoms with van der Waals surface area (Å²) in [5.74, 6) is 1.25. The Morgan fingerprint density at radius 2 is 1.84 bits per heavy atom. The number of nitrogens with one attached hydrogen (secondary N) is 2. The average Bonchev–Trinajstić information content (AvgIpc) is 2.33. The second kappa shape index (κ2) is 6.48. The molecule has 0 spiro atoms. The molecule has 0 atom stereocenters. The van der Waals surface area contributed by atoms with Crippen LogP contribution in [0, 0.1) is 0 Å². The zero-order chi connectivity index (χ0) is 14.5. The first kappa shape index (κ1) is 15.4. The third-order valence-corrected chi connectivity index (χ3v) is 2.99. The minimum absolute atomic E-state index is 0.0789. The molecule has 108 valence electrons.